The second-order valence-corrected chi connectivity index (χ2v) is 9.32. The zero-order valence-corrected chi connectivity index (χ0v) is 20.9. The minimum Gasteiger partial charge on any atom is -0.378 e. The van der Waals surface area contributed by atoms with Gasteiger partial charge in [-0.25, -0.2) is 13.8 Å². The van der Waals surface area contributed by atoms with Crippen molar-refractivity contribution in [2.75, 3.05) is 49.6 Å². The molecule has 0 unspecified atom stereocenters. The first-order chi connectivity index (χ1) is 17.6. The number of fused-ring (bicyclic) bond motifs is 1. The smallest absolute Gasteiger partial charge is 0.296 e. The highest BCUT2D eigenvalue weighted by Gasteiger charge is 2.27. The number of para-hydroxylation sites is 2. The predicted molar refractivity (Wildman–Crippen MR) is 135 cm³/mol. The molecule has 9 nitrogen and oxygen atoms in total. The number of halogens is 2. The van der Waals surface area contributed by atoms with E-state index in [2.05, 4.69) is 39.0 Å². The van der Waals surface area contributed by atoms with Gasteiger partial charge in [-0.15, -0.1) is 0 Å². The molecule has 3 aromatic rings. The van der Waals surface area contributed by atoms with E-state index in [1.54, 1.807) is 24.3 Å². The number of benzene rings is 1. The average molecular weight is 501 g/mol. The first-order valence-electron chi connectivity index (χ1n) is 12.9. The number of alkyl halides is 2. The number of hydrogen-bond donors (Lipinski definition) is 1. The summed E-state index contributed by atoms with van der Waals surface area (Å²) in [6.07, 6.45) is 1.45. The van der Waals surface area contributed by atoms with Gasteiger partial charge in [0, 0.05) is 25.2 Å². The van der Waals surface area contributed by atoms with Crippen molar-refractivity contribution < 1.29 is 13.5 Å². The lowest BCUT2D eigenvalue weighted by atomic mass is 9.90. The van der Waals surface area contributed by atoms with Crippen LogP contribution in [0.3, 0.4) is 0 Å². The van der Waals surface area contributed by atoms with Gasteiger partial charge in [0.1, 0.15) is 0 Å². The first kappa shape index (κ1) is 24.8. The maximum atomic E-state index is 14.0. The van der Waals surface area contributed by atoms with E-state index >= 15 is 0 Å². The van der Waals surface area contributed by atoms with Crippen molar-refractivity contribution >= 4 is 22.9 Å². The molecule has 1 aliphatic heterocycles. The largest absolute Gasteiger partial charge is 0.378 e. The minimum atomic E-state index is -2.77. The number of rotatable bonds is 8. The molecule has 2 aromatic heterocycles. The van der Waals surface area contributed by atoms with E-state index in [0.717, 1.165) is 38.8 Å². The molecule has 0 radical (unpaired) electrons. The monoisotopic (exact) mass is 500 g/mol. The van der Waals surface area contributed by atoms with Crippen LogP contribution in [0.25, 0.3) is 17.0 Å². The second-order valence-electron chi connectivity index (χ2n) is 9.32. The fraction of sp³-hybridized carbons (Fsp3) is 0.600. The summed E-state index contributed by atoms with van der Waals surface area (Å²) in [5.41, 5.74) is 1.02. The Morgan fingerprint density at radius 3 is 2.36 bits per heavy atom. The predicted octanol–water partition coefficient (Wildman–Crippen LogP) is 4.05. The molecule has 5 rings (SSSR count). The van der Waals surface area contributed by atoms with Crippen LogP contribution in [0, 0.1) is 0 Å². The summed E-state index contributed by atoms with van der Waals surface area (Å²) < 4.78 is 34.9. The second kappa shape index (κ2) is 11.0. The van der Waals surface area contributed by atoms with Crippen LogP contribution in [0.5, 0.6) is 0 Å². The first-order valence-corrected chi connectivity index (χ1v) is 12.9. The fourth-order valence-corrected chi connectivity index (χ4v) is 5.33. The molecule has 0 amide bonds. The van der Waals surface area contributed by atoms with Crippen LogP contribution in [-0.2, 0) is 4.74 Å². The Morgan fingerprint density at radius 1 is 0.972 bits per heavy atom. The van der Waals surface area contributed by atoms with Crippen LogP contribution in [-0.4, -0.2) is 80.9 Å². The van der Waals surface area contributed by atoms with Crippen molar-refractivity contribution in [2.45, 2.75) is 58.0 Å². The van der Waals surface area contributed by atoms with Gasteiger partial charge in [-0.3, -0.25) is 4.57 Å². The van der Waals surface area contributed by atoms with E-state index in [-0.39, 0.29) is 17.8 Å². The summed E-state index contributed by atoms with van der Waals surface area (Å²) >= 11 is 0. The molecule has 1 saturated heterocycles. The van der Waals surface area contributed by atoms with Gasteiger partial charge in [0.25, 0.3) is 6.43 Å². The van der Waals surface area contributed by atoms with Crippen molar-refractivity contribution in [3.05, 3.63) is 30.1 Å². The van der Waals surface area contributed by atoms with Gasteiger partial charge >= 0.3 is 0 Å². The van der Waals surface area contributed by atoms with Crippen LogP contribution in [0.2, 0.25) is 0 Å². The number of anilines is 2. The molecule has 2 aliphatic rings. The highest BCUT2D eigenvalue weighted by molar-refractivity contribution is 5.77. The summed E-state index contributed by atoms with van der Waals surface area (Å²) in [6, 6.07) is 7.88. The lowest BCUT2D eigenvalue weighted by Gasteiger charge is -2.36. The van der Waals surface area contributed by atoms with E-state index < -0.39 is 6.43 Å². The molecular weight excluding hydrogens is 466 g/mol. The van der Waals surface area contributed by atoms with Gasteiger partial charge in [-0.05, 0) is 50.9 Å². The normalized spacial score (nSPS) is 21.0. The molecule has 0 bridgehead atoms. The molecule has 1 aromatic carbocycles. The quantitative estimate of drug-likeness (QED) is 0.496. The Balaban J connectivity index is 1.48. The summed E-state index contributed by atoms with van der Waals surface area (Å²) in [6.45, 7) is 8.93. The molecule has 194 valence electrons. The summed E-state index contributed by atoms with van der Waals surface area (Å²) in [7, 11) is 0. The van der Waals surface area contributed by atoms with Crippen molar-refractivity contribution in [3.8, 4) is 5.95 Å². The zero-order chi connectivity index (χ0) is 25.1. The van der Waals surface area contributed by atoms with Crippen LogP contribution < -0.4 is 10.2 Å². The maximum absolute atomic E-state index is 14.0. The average Bonchev–Trinajstić information content (AvgIpc) is 3.31. The van der Waals surface area contributed by atoms with Gasteiger partial charge in [0.2, 0.25) is 17.8 Å². The Kier molecular flexibility index (Phi) is 7.56. The molecule has 1 N–H and O–H groups in total. The number of aromatic nitrogens is 5. The minimum absolute atomic E-state index is 0.148. The van der Waals surface area contributed by atoms with E-state index in [4.69, 9.17) is 9.72 Å². The van der Waals surface area contributed by atoms with Gasteiger partial charge in [0.15, 0.2) is 5.82 Å². The SMILES string of the molecule is CCN(CC)C1CCC(Nc2nc(N3CCOCC3)nc(-n3c(C(F)F)nc4ccccc43)n2)CC1. The number of hydrogen-bond acceptors (Lipinski definition) is 8. The molecule has 2 fully saturated rings. The van der Waals surface area contributed by atoms with Gasteiger partial charge in [0.05, 0.1) is 24.2 Å². The van der Waals surface area contributed by atoms with Crippen LogP contribution in [0.1, 0.15) is 51.8 Å². The summed E-state index contributed by atoms with van der Waals surface area (Å²) in [5.74, 6) is 0.641. The van der Waals surface area contributed by atoms with E-state index in [1.165, 1.54) is 4.57 Å². The molecule has 11 heteroatoms. The van der Waals surface area contributed by atoms with E-state index in [0.29, 0.717) is 55.3 Å². The van der Waals surface area contributed by atoms with Crippen molar-refractivity contribution in [1.82, 2.24) is 29.4 Å². The van der Waals surface area contributed by atoms with E-state index in [9.17, 15) is 8.78 Å². The Hall–Kier alpha value is -2.92. The topological polar surface area (TPSA) is 84.2 Å². The Bertz CT molecular complexity index is 1150. The summed E-state index contributed by atoms with van der Waals surface area (Å²) in [5, 5.41) is 3.50. The highest BCUT2D eigenvalue weighted by atomic mass is 19.3. The number of morpholine rings is 1. The molecule has 0 spiro atoms. The van der Waals surface area contributed by atoms with Crippen molar-refractivity contribution in [1.29, 1.82) is 0 Å². The van der Waals surface area contributed by atoms with Crippen LogP contribution >= 0.6 is 0 Å². The third kappa shape index (κ3) is 5.12. The molecule has 0 atom stereocenters. The molecule has 36 heavy (non-hydrogen) atoms. The van der Waals surface area contributed by atoms with E-state index in [1.807, 2.05) is 4.90 Å². The Morgan fingerprint density at radius 2 is 1.67 bits per heavy atom. The standard InChI is InChI=1S/C25H34F2N8O/c1-3-33(4-2)18-11-9-17(10-12-18)28-23-30-24(34-13-15-36-16-14-34)32-25(31-23)35-20-8-6-5-7-19(20)29-22(35)21(26)27/h5-8,17-18,21H,3-4,9-16H2,1-2H3,(H,28,30,31,32). The number of ether oxygens (including phenoxy) is 1. The van der Waals surface area contributed by atoms with Crippen molar-refractivity contribution in [3.63, 3.8) is 0 Å². The molecule has 3 heterocycles. The number of imidazole rings is 1. The van der Waals surface area contributed by atoms with Gasteiger partial charge in [-0.2, -0.15) is 15.0 Å². The maximum Gasteiger partial charge on any atom is 0.296 e. The van der Waals surface area contributed by atoms with Gasteiger partial charge < -0.3 is 19.9 Å². The Labute approximate surface area is 209 Å². The molecule has 1 aliphatic carbocycles. The molecular formula is C25H34F2N8O. The molecule has 1 saturated carbocycles. The lowest BCUT2D eigenvalue weighted by Crippen LogP contribution is -2.40. The number of nitrogens with zero attached hydrogens (tertiary/aromatic N) is 7. The zero-order valence-electron chi connectivity index (χ0n) is 20.9. The van der Waals surface area contributed by atoms with Crippen LogP contribution in [0.4, 0.5) is 20.7 Å². The third-order valence-corrected chi connectivity index (χ3v) is 7.25. The lowest BCUT2D eigenvalue weighted by molar-refractivity contribution is 0.122. The highest BCUT2D eigenvalue weighted by Crippen LogP contribution is 2.29. The summed E-state index contributed by atoms with van der Waals surface area (Å²) in [4.78, 5) is 22.7. The third-order valence-electron chi connectivity index (χ3n) is 7.25. The van der Waals surface area contributed by atoms with Gasteiger partial charge in [-0.1, -0.05) is 26.0 Å². The van der Waals surface area contributed by atoms with Crippen LogP contribution in [0.15, 0.2) is 24.3 Å². The van der Waals surface area contributed by atoms with Crippen molar-refractivity contribution in [2.24, 2.45) is 0 Å². The fourth-order valence-electron chi connectivity index (χ4n) is 5.33. The number of nitrogens with one attached hydrogen (secondary N) is 1.